The van der Waals surface area contributed by atoms with E-state index in [9.17, 15) is 4.79 Å². The van der Waals surface area contributed by atoms with Crippen molar-refractivity contribution >= 4 is 23.2 Å². The SMILES string of the molecule is CN(C)C(=O)CN=C(NCCc1cccs1)NCC(C)(C)N1CCOCC1. The fraction of sp³-hybridized carbons (Fsp3) is 0.684. The Bertz CT molecular complexity index is 595. The van der Waals surface area contributed by atoms with Crippen LogP contribution < -0.4 is 10.6 Å². The Morgan fingerprint density at radius 1 is 1.33 bits per heavy atom. The normalized spacial score (nSPS) is 16.2. The van der Waals surface area contributed by atoms with Crippen molar-refractivity contribution in [3.05, 3.63) is 22.4 Å². The van der Waals surface area contributed by atoms with Crippen molar-refractivity contribution in [1.29, 1.82) is 0 Å². The molecule has 1 amide bonds. The third kappa shape index (κ3) is 7.48. The van der Waals surface area contributed by atoms with Crippen molar-refractivity contribution in [3.63, 3.8) is 0 Å². The first-order chi connectivity index (χ1) is 12.9. The average Bonchev–Trinajstić information content (AvgIpc) is 3.17. The van der Waals surface area contributed by atoms with Gasteiger partial charge in [-0.25, -0.2) is 4.99 Å². The molecule has 27 heavy (non-hydrogen) atoms. The Kier molecular flexibility index (Phi) is 8.53. The van der Waals surface area contributed by atoms with Gasteiger partial charge in [0.15, 0.2) is 5.96 Å². The topological polar surface area (TPSA) is 69.2 Å². The van der Waals surface area contributed by atoms with Crippen LogP contribution in [-0.4, -0.2) is 87.2 Å². The van der Waals surface area contributed by atoms with Crippen molar-refractivity contribution < 1.29 is 9.53 Å². The second kappa shape index (κ2) is 10.6. The van der Waals surface area contributed by atoms with E-state index in [1.807, 2.05) is 0 Å². The molecule has 2 N–H and O–H groups in total. The highest BCUT2D eigenvalue weighted by Crippen LogP contribution is 2.15. The van der Waals surface area contributed by atoms with Gasteiger partial charge in [0.1, 0.15) is 6.54 Å². The predicted molar refractivity (Wildman–Crippen MR) is 111 cm³/mol. The minimum atomic E-state index is -0.0223. The van der Waals surface area contributed by atoms with Crippen LogP contribution >= 0.6 is 11.3 Å². The number of guanidine groups is 1. The molecule has 0 saturated carbocycles. The van der Waals surface area contributed by atoms with E-state index < -0.39 is 0 Å². The Morgan fingerprint density at radius 3 is 2.70 bits per heavy atom. The molecule has 0 bridgehead atoms. The van der Waals surface area contributed by atoms with Crippen molar-refractivity contribution in [2.45, 2.75) is 25.8 Å². The maximum absolute atomic E-state index is 11.9. The van der Waals surface area contributed by atoms with E-state index in [-0.39, 0.29) is 18.0 Å². The van der Waals surface area contributed by atoms with Gasteiger partial charge in [0, 0.05) is 50.7 Å². The van der Waals surface area contributed by atoms with Crippen molar-refractivity contribution in [1.82, 2.24) is 20.4 Å². The molecule has 1 aliphatic heterocycles. The number of nitrogens with zero attached hydrogens (tertiary/aromatic N) is 3. The number of rotatable bonds is 8. The summed E-state index contributed by atoms with van der Waals surface area (Å²) in [5.74, 6) is 0.671. The molecule has 2 rings (SSSR count). The molecule has 0 radical (unpaired) electrons. The first-order valence-corrected chi connectivity index (χ1v) is 10.3. The third-order valence-corrected chi connectivity index (χ3v) is 5.61. The summed E-state index contributed by atoms with van der Waals surface area (Å²) in [5.41, 5.74) is -0.0223. The second-order valence-corrected chi connectivity index (χ2v) is 8.51. The summed E-state index contributed by atoms with van der Waals surface area (Å²) in [4.78, 5) is 21.7. The van der Waals surface area contributed by atoms with Gasteiger partial charge in [-0.05, 0) is 31.7 Å². The Hall–Kier alpha value is -1.64. The molecule has 1 saturated heterocycles. The molecule has 0 spiro atoms. The Morgan fingerprint density at radius 2 is 2.07 bits per heavy atom. The van der Waals surface area contributed by atoms with Crippen molar-refractivity contribution in [3.8, 4) is 0 Å². The lowest BCUT2D eigenvalue weighted by Gasteiger charge is -2.41. The predicted octanol–water partition coefficient (Wildman–Crippen LogP) is 1.02. The summed E-state index contributed by atoms with van der Waals surface area (Å²) in [6.07, 6.45) is 0.937. The molecule has 1 fully saturated rings. The number of amides is 1. The van der Waals surface area contributed by atoms with Gasteiger partial charge in [0.05, 0.1) is 13.2 Å². The minimum Gasteiger partial charge on any atom is -0.379 e. The van der Waals surface area contributed by atoms with Crippen molar-refractivity contribution in [2.24, 2.45) is 4.99 Å². The van der Waals surface area contributed by atoms with Crippen LogP contribution in [0.2, 0.25) is 0 Å². The molecule has 0 aromatic carbocycles. The first-order valence-electron chi connectivity index (χ1n) is 9.46. The van der Waals surface area contributed by atoms with Gasteiger partial charge in [-0.15, -0.1) is 11.3 Å². The van der Waals surface area contributed by atoms with Gasteiger partial charge >= 0.3 is 0 Å². The Labute approximate surface area is 166 Å². The summed E-state index contributed by atoms with van der Waals surface area (Å²) >= 11 is 1.75. The number of nitrogens with one attached hydrogen (secondary N) is 2. The molecule has 1 aliphatic rings. The van der Waals surface area contributed by atoms with Gasteiger partial charge in [-0.3, -0.25) is 9.69 Å². The zero-order valence-corrected chi connectivity index (χ0v) is 17.8. The van der Waals surface area contributed by atoms with E-state index in [4.69, 9.17) is 4.74 Å². The summed E-state index contributed by atoms with van der Waals surface area (Å²) in [6, 6.07) is 4.20. The smallest absolute Gasteiger partial charge is 0.243 e. The highest BCUT2D eigenvalue weighted by Gasteiger charge is 2.28. The van der Waals surface area contributed by atoms with Crippen LogP contribution in [0.4, 0.5) is 0 Å². The molecule has 1 aromatic rings. The fourth-order valence-electron chi connectivity index (χ4n) is 2.80. The lowest BCUT2D eigenvalue weighted by Crippen LogP contribution is -2.56. The van der Waals surface area contributed by atoms with Crippen LogP contribution in [0.15, 0.2) is 22.5 Å². The van der Waals surface area contributed by atoms with E-state index in [1.54, 1.807) is 30.3 Å². The quantitative estimate of drug-likeness (QED) is 0.508. The number of likely N-dealkylation sites (N-methyl/N-ethyl adjacent to an activating group) is 1. The van der Waals surface area contributed by atoms with Crippen LogP contribution in [0.5, 0.6) is 0 Å². The van der Waals surface area contributed by atoms with E-state index in [1.165, 1.54) is 4.88 Å². The zero-order valence-electron chi connectivity index (χ0n) is 17.0. The molecule has 8 heteroatoms. The lowest BCUT2D eigenvalue weighted by atomic mass is 10.0. The van der Waals surface area contributed by atoms with Crippen LogP contribution in [-0.2, 0) is 16.0 Å². The molecule has 152 valence electrons. The third-order valence-electron chi connectivity index (χ3n) is 4.67. The second-order valence-electron chi connectivity index (χ2n) is 7.47. The minimum absolute atomic E-state index is 0.0122. The van der Waals surface area contributed by atoms with E-state index in [0.717, 1.165) is 45.8 Å². The molecule has 0 unspecified atom stereocenters. The first kappa shape index (κ1) is 21.7. The fourth-order valence-corrected chi connectivity index (χ4v) is 3.51. The van der Waals surface area contributed by atoms with Gasteiger partial charge in [-0.1, -0.05) is 6.07 Å². The van der Waals surface area contributed by atoms with E-state index in [0.29, 0.717) is 5.96 Å². The van der Waals surface area contributed by atoms with Crippen LogP contribution in [0.1, 0.15) is 18.7 Å². The maximum Gasteiger partial charge on any atom is 0.243 e. The zero-order chi connectivity index (χ0) is 19.7. The van der Waals surface area contributed by atoms with E-state index in [2.05, 4.69) is 51.9 Å². The number of carbonyl (C=O) groups excluding carboxylic acids is 1. The average molecular weight is 396 g/mol. The molecule has 1 aromatic heterocycles. The number of thiophene rings is 1. The van der Waals surface area contributed by atoms with Gasteiger partial charge in [-0.2, -0.15) is 0 Å². The molecule has 0 atom stereocenters. The standard InChI is InChI=1S/C19H33N5O2S/c1-19(2,24-9-11-26-12-10-24)15-22-18(21-14-17(25)23(3)4)20-8-7-16-6-5-13-27-16/h5-6,13H,7-12,14-15H2,1-4H3,(H2,20,21,22). The van der Waals surface area contributed by atoms with Crippen LogP contribution in [0.3, 0.4) is 0 Å². The molecule has 0 aliphatic carbocycles. The number of hydrogen-bond donors (Lipinski definition) is 2. The highest BCUT2D eigenvalue weighted by molar-refractivity contribution is 7.09. The number of ether oxygens (including phenoxy) is 1. The summed E-state index contributed by atoms with van der Waals surface area (Å²) < 4.78 is 5.46. The monoisotopic (exact) mass is 395 g/mol. The summed E-state index contributed by atoms with van der Waals surface area (Å²) in [6.45, 7) is 9.53. The molecular weight excluding hydrogens is 362 g/mol. The summed E-state index contributed by atoms with van der Waals surface area (Å²) in [7, 11) is 3.49. The van der Waals surface area contributed by atoms with Crippen molar-refractivity contribution in [2.75, 3.05) is 60.0 Å². The molecule has 2 heterocycles. The number of hydrogen-bond acceptors (Lipinski definition) is 5. The number of aliphatic imine (C=N–C) groups is 1. The van der Waals surface area contributed by atoms with Crippen LogP contribution in [0.25, 0.3) is 0 Å². The van der Waals surface area contributed by atoms with Gasteiger partial charge in [0.2, 0.25) is 5.91 Å². The maximum atomic E-state index is 11.9. The molecule has 7 nitrogen and oxygen atoms in total. The van der Waals surface area contributed by atoms with Gasteiger partial charge < -0.3 is 20.3 Å². The Balaban J connectivity index is 1.90. The lowest BCUT2D eigenvalue weighted by molar-refractivity contribution is -0.127. The number of carbonyl (C=O) groups is 1. The number of morpholine rings is 1. The molecular formula is C19H33N5O2S. The largest absolute Gasteiger partial charge is 0.379 e. The summed E-state index contributed by atoms with van der Waals surface area (Å²) in [5, 5.41) is 8.87. The van der Waals surface area contributed by atoms with Gasteiger partial charge in [0.25, 0.3) is 0 Å². The van der Waals surface area contributed by atoms with Crippen LogP contribution in [0, 0.1) is 0 Å². The highest BCUT2D eigenvalue weighted by atomic mass is 32.1. The van der Waals surface area contributed by atoms with E-state index >= 15 is 0 Å².